The smallest absolute Gasteiger partial charge is 0.459 e. The van der Waals surface area contributed by atoms with Gasteiger partial charge in [-0.1, -0.05) is 18.2 Å². The van der Waals surface area contributed by atoms with E-state index >= 15 is 0 Å². The average Bonchev–Trinajstić information content (AvgIpc) is 3.51. The zero-order valence-corrected chi connectivity index (χ0v) is 23.5. The molecule has 0 radical (unpaired) electrons. The molecular formula is C25H33FN5O9P. The number of hydrogen-bond donors (Lipinski definition) is 4. The molecule has 41 heavy (non-hydrogen) atoms. The number of esters is 1. The summed E-state index contributed by atoms with van der Waals surface area (Å²) in [6.07, 6.45) is -3.88. The Morgan fingerprint density at radius 2 is 2.00 bits per heavy atom. The molecule has 224 valence electrons. The van der Waals surface area contributed by atoms with Gasteiger partial charge in [0.25, 0.3) is 0 Å². The number of nitrogens with zero attached hydrogens (tertiary/aromatic N) is 3. The summed E-state index contributed by atoms with van der Waals surface area (Å²) >= 11 is 0. The molecule has 0 bridgehead atoms. The lowest BCUT2D eigenvalue weighted by Crippen LogP contribution is -2.49. The topological polar surface area (TPSA) is 189 Å². The van der Waals surface area contributed by atoms with Crippen LogP contribution in [0.15, 0.2) is 48.8 Å². The van der Waals surface area contributed by atoms with Crippen molar-refractivity contribution in [3.05, 3.63) is 54.5 Å². The van der Waals surface area contributed by atoms with Crippen LogP contribution in [0, 0.1) is 0 Å². The third-order valence-electron chi connectivity index (χ3n) is 6.58. The fraction of sp³-hybridized carbons (Fsp3) is 0.480. The first-order valence-corrected chi connectivity index (χ1v) is 14.2. The fourth-order valence-corrected chi connectivity index (χ4v) is 5.70. The summed E-state index contributed by atoms with van der Waals surface area (Å²) in [5, 5.41) is 28.3. The van der Waals surface area contributed by atoms with Crippen LogP contribution in [0.1, 0.15) is 25.6 Å². The van der Waals surface area contributed by atoms with Crippen molar-refractivity contribution in [1.29, 1.82) is 0 Å². The number of aromatic nitrogens is 3. The summed E-state index contributed by atoms with van der Waals surface area (Å²) in [6, 6.07) is 9.87. The number of benzene rings is 1. The number of ether oxygens (including phenoxy) is 3. The molecule has 16 heteroatoms. The maximum atomic E-state index is 14.6. The Labute approximate surface area is 235 Å². The predicted octanol–water partition coefficient (Wildman–Crippen LogP) is 1.57. The van der Waals surface area contributed by atoms with Crippen LogP contribution in [0.4, 0.5) is 10.2 Å². The molecule has 1 aliphatic heterocycles. The van der Waals surface area contributed by atoms with Crippen molar-refractivity contribution in [3.8, 4) is 5.75 Å². The zero-order chi connectivity index (χ0) is 29.8. The lowest BCUT2D eigenvalue weighted by molar-refractivity contribution is -0.148. The Balaban J connectivity index is 1.55. The van der Waals surface area contributed by atoms with Gasteiger partial charge in [-0.2, -0.15) is 10.2 Å². The number of aliphatic hydroxyl groups excluding tert-OH is 2. The van der Waals surface area contributed by atoms with Crippen molar-refractivity contribution < 1.29 is 47.2 Å². The highest BCUT2D eigenvalue weighted by Gasteiger charge is 2.57. The Morgan fingerprint density at radius 3 is 2.68 bits per heavy atom. The molecule has 1 saturated heterocycles. The number of anilines is 1. The SMILES string of the molecule is CO[C@H](C)COC(=O)[C@H](C)N[P@](=O)(OC[C@@]1(CF)O[C@@H](c2ccc3c(N)ncnn23)[C@H](O)[C@@H]1O)Oc1ccccc1. The Hall–Kier alpha value is -3.17. The molecule has 0 aliphatic carbocycles. The van der Waals surface area contributed by atoms with Gasteiger partial charge in [0.2, 0.25) is 0 Å². The molecule has 0 unspecified atom stereocenters. The summed E-state index contributed by atoms with van der Waals surface area (Å²) in [5.74, 6) is -0.494. The van der Waals surface area contributed by atoms with Gasteiger partial charge in [-0.25, -0.2) is 18.5 Å². The van der Waals surface area contributed by atoms with E-state index in [1.807, 2.05) is 0 Å². The second-order valence-electron chi connectivity index (χ2n) is 9.58. The number of rotatable bonds is 13. The lowest BCUT2D eigenvalue weighted by atomic mass is 9.96. The van der Waals surface area contributed by atoms with Crippen molar-refractivity contribution >= 4 is 25.1 Å². The molecule has 1 fully saturated rings. The molecule has 5 N–H and O–H groups in total. The number of nitrogens with two attached hydrogens (primary N) is 1. The summed E-state index contributed by atoms with van der Waals surface area (Å²) in [5.41, 5.74) is 4.38. The van der Waals surface area contributed by atoms with Gasteiger partial charge in [0.1, 0.15) is 60.8 Å². The van der Waals surface area contributed by atoms with E-state index < -0.39 is 57.0 Å². The minimum absolute atomic E-state index is 0.0543. The first-order valence-electron chi connectivity index (χ1n) is 12.7. The van der Waals surface area contributed by atoms with Crippen LogP contribution >= 0.6 is 7.75 Å². The molecule has 1 aromatic carbocycles. The van der Waals surface area contributed by atoms with Crippen LogP contribution in [0.2, 0.25) is 0 Å². The van der Waals surface area contributed by atoms with Crippen molar-refractivity contribution in [2.45, 2.75) is 49.9 Å². The van der Waals surface area contributed by atoms with Crippen LogP contribution in [-0.2, 0) is 28.1 Å². The largest absolute Gasteiger partial charge is 0.462 e. The van der Waals surface area contributed by atoms with Crippen molar-refractivity contribution in [1.82, 2.24) is 19.7 Å². The van der Waals surface area contributed by atoms with E-state index in [1.165, 1.54) is 37.0 Å². The Morgan fingerprint density at radius 1 is 1.27 bits per heavy atom. The van der Waals surface area contributed by atoms with Crippen LogP contribution in [0.25, 0.3) is 5.52 Å². The molecule has 14 nitrogen and oxygen atoms in total. The third kappa shape index (κ3) is 6.67. The predicted molar refractivity (Wildman–Crippen MR) is 143 cm³/mol. The van der Waals surface area contributed by atoms with Gasteiger partial charge in [-0.3, -0.25) is 9.32 Å². The van der Waals surface area contributed by atoms with Crippen LogP contribution in [0.5, 0.6) is 5.75 Å². The summed E-state index contributed by atoms with van der Waals surface area (Å²) in [4.78, 5) is 16.4. The molecule has 4 rings (SSSR count). The molecule has 1 aliphatic rings. The summed E-state index contributed by atoms with van der Waals surface area (Å²) < 4.78 is 57.1. The van der Waals surface area contributed by atoms with Gasteiger partial charge >= 0.3 is 13.7 Å². The van der Waals surface area contributed by atoms with E-state index in [1.54, 1.807) is 37.3 Å². The molecule has 7 atom stereocenters. The van der Waals surface area contributed by atoms with Crippen LogP contribution in [-0.4, -0.2) is 87.7 Å². The van der Waals surface area contributed by atoms with Crippen LogP contribution < -0.4 is 15.3 Å². The first kappa shape index (κ1) is 30.8. The van der Waals surface area contributed by atoms with Gasteiger partial charge in [0.15, 0.2) is 5.82 Å². The number of aliphatic hydroxyl groups is 2. The number of carbonyl (C=O) groups is 1. The zero-order valence-electron chi connectivity index (χ0n) is 22.6. The number of methoxy groups -OCH3 is 1. The second-order valence-corrected chi connectivity index (χ2v) is 11.3. The van der Waals surface area contributed by atoms with Crippen molar-refractivity contribution in [3.63, 3.8) is 0 Å². The Bertz CT molecular complexity index is 1380. The average molecular weight is 598 g/mol. The highest BCUT2D eigenvalue weighted by atomic mass is 31.2. The molecule has 3 aromatic rings. The number of nitrogen functional groups attached to an aromatic ring is 1. The lowest BCUT2D eigenvalue weighted by Gasteiger charge is -2.31. The van der Waals surface area contributed by atoms with E-state index in [0.29, 0.717) is 5.52 Å². The number of alkyl halides is 1. The molecule has 0 spiro atoms. The number of fused-ring (bicyclic) bond motifs is 1. The number of nitrogens with one attached hydrogen (secondary N) is 1. The molecular weight excluding hydrogens is 564 g/mol. The van der Waals surface area contributed by atoms with Crippen LogP contribution in [0.3, 0.4) is 0 Å². The number of para-hydroxylation sites is 1. The number of carbonyl (C=O) groups excluding carboxylic acids is 1. The van der Waals surface area contributed by atoms with E-state index in [-0.39, 0.29) is 30.0 Å². The quantitative estimate of drug-likeness (QED) is 0.164. The summed E-state index contributed by atoms with van der Waals surface area (Å²) in [7, 11) is -2.99. The molecule has 0 saturated carbocycles. The molecule has 2 aromatic heterocycles. The number of halogens is 1. The minimum Gasteiger partial charge on any atom is -0.462 e. The third-order valence-corrected chi connectivity index (χ3v) is 8.20. The van der Waals surface area contributed by atoms with Gasteiger partial charge in [-0.05, 0) is 38.1 Å². The second kappa shape index (κ2) is 12.8. The monoisotopic (exact) mass is 597 g/mol. The normalized spacial score (nSPS) is 25.5. The van der Waals surface area contributed by atoms with Gasteiger partial charge in [0.05, 0.1) is 18.4 Å². The highest BCUT2D eigenvalue weighted by Crippen LogP contribution is 2.48. The van der Waals surface area contributed by atoms with Crippen molar-refractivity contribution in [2.24, 2.45) is 0 Å². The maximum absolute atomic E-state index is 14.6. The van der Waals surface area contributed by atoms with E-state index in [4.69, 9.17) is 29.0 Å². The number of hydrogen-bond acceptors (Lipinski definition) is 12. The summed E-state index contributed by atoms with van der Waals surface area (Å²) in [6.45, 7) is 0.849. The van der Waals surface area contributed by atoms with Gasteiger partial charge in [0, 0.05) is 7.11 Å². The molecule has 3 heterocycles. The fourth-order valence-electron chi connectivity index (χ4n) is 4.15. The Kier molecular flexibility index (Phi) is 9.59. The maximum Gasteiger partial charge on any atom is 0.459 e. The minimum atomic E-state index is -4.45. The van der Waals surface area contributed by atoms with E-state index in [2.05, 4.69) is 15.2 Å². The van der Waals surface area contributed by atoms with Gasteiger partial charge in [-0.15, -0.1) is 0 Å². The van der Waals surface area contributed by atoms with Gasteiger partial charge < -0.3 is 34.7 Å². The highest BCUT2D eigenvalue weighted by molar-refractivity contribution is 7.52. The standard InChI is InChI=1S/C25H33FN5O9P/c1-15(36-3)11-37-24(34)16(2)30-41(35,40-17-7-5-4-6-8-17)38-13-25(12-26)22(33)20(32)21(39-25)18-9-10-19-23(27)28-14-29-31(18)19/h4-10,14-16,20-22,32-33H,11-13H2,1-3H3,(H,30,35)(H2,27,28,29)/t15-,16+,20+,21+,22+,25-,41+/m1/s1. The van der Waals surface area contributed by atoms with Crippen molar-refractivity contribution in [2.75, 3.05) is 32.7 Å². The van der Waals surface area contributed by atoms with E-state index in [0.717, 1.165) is 0 Å². The molecule has 0 amide bonds. The van der Waals surface area contributed by atoms with E-state index in [9.17, 15) is 24.0 Å². The first-order chi connectivity index (χ1) is 19.5.